The highest BCUT2D eigenvalue weighted by molar-refractivity contribution is 7.92. The molecule has 0 atom stereocenters. The molecule has 2 amide bonds. The maximum atomic E-state index is 11.6. The minimum atomic E-state index is -3.09. The first-order chi connectivity index (χ1) is 7.34. The second-order valence-corrected chi connectivity index (χ2v) is 6.91. The van der Waals surface area contributed by atoms with Gasteiger partial charge in [0.15, 0.2) is 9.84 Å². The van der Waals surface area contributed by atoms with Crippen molar-refractivity contribution < 1.29 is 13.2 Å². The van der Waals surface area contributed by atoms with E-state index < -0.39 is 15.1 Å². The third kappa shape index (κ3) is 3.08. The summed E-state index contributed by atoms with van der Waals surface area (Å²) >= 11 is 0. The number of carbonyl (C=O) groups is 1. The van der Waals surface area contributed by atoms with Crippen LogP contribution in [0.3, 0.4) is 0 Å². The van der Waals surface area contributed by atoms with Gasteiger partial charge in [-0.15, -0.1) is 0 Å². The van der Waals surface area contributed by atoms with E-state index in [-0.39, 0.29) is 18.3 Å². The Kier molecular flexibility index (Phi) is 4.15. The zero-order valence-corrected chi connectivity index (χ0v) is 10.5. The molecular weight excluding hydrogens is 230 g/mol. The minimum Gasteiger partial charge on any atom is -0.322 e. The van der Waals surface area contributed by atoms with Crippen molar-refractivity contribution in [1.82, 2.24) is 9.91 Å². The van der Waals surface area contributed by atoms with Crippen LogP contribution >= 0.6 is 0 Å². The van der Waals surface area contributed by atoms with Crippen LogP contribution < -0.4 is 5.84 Å². The number of urea groups is 1. The first-order valence-electron chi connectivity index (χ1n) is 5.37. The van der Waals surface area contributed by atoms with Crippen LogP contribution in [0.15, 0.2) is 0 Å². The van der Waals surface area contributed by atoms with E-state index in [1.165, 1.54) is 4.90 Å². The molecule has 0 aliphatic carbocycles. The third-order valence-corrected chi connectivity index (χ3v) is 4.90. The van der Waals surface area contributed by atoms with Gasteiger partial charge in [-0.3, -0.25) is 5.01 Å². The summed E-state index contributed by atoms with van der Waals surface area (Å²) in [5, 5.41) is 0.729. The Morgan fingerprint density at radius 2 is 2.00 bits per heavy atom. The molecular formula is C9H19N3O3S. The van der Waals surface area contributed by atoms with E-state index in [4.69, 9.17) is 5.84 Å². The highest BCUT2D eigenvalue weighted by Crippen LogP contribution is 2.07. The Bertz CT molecular complexity index is 353. The van der Waals surface area contributed by atoms with Gasteiger partial charge in [0.05, 0.1) is 11.0 Å². The van der Waals surface area contributed by atoms with Crippen molar-refractivity contribution in [3.05, 3.63) is 0 Å². The number of amides is 2. The summed E-state index contributed by atoms with van der Waals surface area (Å²) in [5.41, 5.74) is 0. The molecule has 1 heterocycles. The molecule has 1 saturated heterocycles. The molecule has 0 unspecified atom stereocenters. The standard InChI is InChI=1S/C9H19N3O3S/c1-8(2)16(14,15)7-6-11-4-3-5-12(10)9(11)13/h8H,3-7,10H2,1-2H3. The van der Waals surface area contributed by atoms with Crippen LogP contribution in [0.5, 0.6) is 0 Å². The average Bonchev–Trinajstić information content (AvgIpc) is 2.20. The van der Waals surface area contributed by atoms with Gasteiger partial charge in [0.2, 0.25) is 0 Å². The molecule has 1 fully saturated rings. The lowest BCUT2D eigenvalue weighted by atomic mass is 10.3. The molecule has 0 saturated carbocycles. The van der Waals surface area contributed by atoms with E-state index in [2.05, 4.69) is 0 Å². The fourth-order valence-electron chi connectivity index (χ4n) is 1.49. The predicted octanol–water partition coefficient (Wildman–Crippen LogP) is -0.189. The zero-order chi connectivity index (χ0) is 12.3. The molecule has 7 heteroatoms. The summed E-state index contributed by atoms with van der Waals surface area (Å²) in [6.45, 7) is 4.63. The fraction of sp³-hybridized carbons (Fsp3) is 0.889. The molecule has 0 aromatic rings. The van der Waals surface area contributed by atoms with E-state index in [1.807, 2.05) is 0 Å². The first kappa shape index (κ1) is 13.2. The number of hydrogen-bond donors (Lipinski definition) is 1. The summed E-state index contributed by atoms with van der Waals surface area (Å²) in [7, 11) is -3.09. The smallest absolute Gasteiger partial charge is 0.322 e. The quantitative estimate of drug-likeness (QED) is 0.553. The Balaban J connectivity index is 2.52. The molecule has 1 rings (SSSR count). The first-order valence-corrected chi connectivity index (χ1v) is 7.09. The second-order valence-electron chi connectivity index (χ2n) is 4.23. The van der Waals surface area contributed by atoms with Gasteiger partial charge in [-0.1, -0.05) is 0 Å². The van der Waals surface area contributed by atoms with Crippen molar-refractivity contribution in [2.45, 2.75) is 25.5 Å². The molecule has 0 bridgehead atoms. The number of rotatable bonds is 4. The highest BCUT2D eigenvalue weighted by Gasteiger charge is 2.25. The lowest BCUT2D eigenvalue weighted by Crippen LogP contribution is -2.53. The molecule has 1 aliphatic heterocycles. The summed E-state index contributed by atoms with van der Waals surface area (Å²) in [5.74, 6) is 5.46. The fourth-order valence-corrected chi connectivity index (χ4v) is 2.43. The second kappa shape index (κ2) is 5.01. The lowest BCUT2D eigenvalue weighted by molar-refractivity contribution is 0.133. The molecule has 1 aliphatic rings. The minimum absolute atomic E-state index is 0.00421. The SMILES string of the molecule is CC(C)S(=O)(=O)CCN1CCCN(N)C1=O. The Hall–Kier alpha value is -0.820. The molecule has 2 N–H and O–H groups in total. The van der Waals surface area contributed by atoms with Crippen molar-refractivity contribution >= 4 is 15.9 Å². The largest absolute Gasteiger partial charge is 0.334 e. The number of hydrogen-bond acceptors (Lipinski definition) is 4. The monoisotopic (exact) mass is 249 g/mol. The molecule has 0 radical (unpaired) electrons. The number of sulfone groups is 1. The number of nitrogens with two attached hydrogens (primary N) is 1. The van der Waals surface area contributed by atoms with Gasteiger partial charge < -0.3 is 4.90 Å². The van der Waals surface area contributed by atoms with Crippen molar-refractivity contribution in [3.63, 3.8) is 0 Å². The van der Waals surface area contributed by atoms with Crippen molar-refractivity contribution in [1.29, 1.82) is 0 Å². The van der Waals surface area contributed by atoms with Crippen molar-refractivity contribution in [2.75, 3.05) is 25.4 Å². The van der Waals surface area contributed by atoms with Crippen LogP contribution in [0.1, 0.15) is 20.3 Å². The van der Waals surface area contributed by atoms with Gasteiger partial charge >= 0.3 is 6.03 Å². The Labute approximate surface area is 96.3 Å². The van der Waals surface area contributed by atoms with Crippen LogP contribution in [-0.4, -0.2) is 55.0 Å². The Morgan fingerprint density at radius 3 is 2.56 bits per heavy atom. The molecule has 0 aromatic heterocycles. The number of nitrogens with zero attached hydrogens (tertiary/aromatic N) is 2. The molecule has 0 spiro atoms. The maximum Gasteiger partial charge on any atom is 0.334 e. The van der Waals surface area contributed by atoms with Crippen molar-refractivity contribution in [2.24, 2.45) is 5.84 Å². The van der Waals surface area contributed by atoms with E-state index in [0.717, 1.165) is 11.4 Å². The Morgan fingerprint density at radius 1 is 1.38 bits per heavy atom. The maximum absolute atomic E-state index is 11.6. The number of carbonyl (C=O) groups excluding carboxylic acids is 1. The van der Waals surface area contributed by atoms with Crippen LogP contribution in [0.25, 0.3) is 0 Å². The molecule has 6 nitrogen and oxygen atoms in total. The summed E-state index contributed by atoms with van der Waals surface area (Å²) in [6.07, 6.45) is 0.782. The summed E-state index contributed by atoms with van der Waals surface area (Å²) in [4.78, 5) is 13.0. The van der Waals surface area contributed by atoms with Gasteiger partial charge in [0.1, 0.15) is 0 Å². The van der Waals surface area contributed by atoms with Crippen LogP contribution in [0.2, 0.25) is 0 Å². The summed E-state index contributed by atoms with van der Waals surface area (Å²) in [6, 6.07) is -0.287. The van der Waals surface area contributed by atoms with Gasteiger partial charge in [0.25, 0.3) is 0 Å². The van der Waals surface area contributed by atoms with Gasteiger partial charge in [-0.25, -0.2) is 19.1 Å². The van der Waals surface area contributed by atoms with E-state index in [9.17, 15) is 13.2 Å². The van der Waals surface area contributed by atoms with Crippen LogP contribution in [0, 0.1) is 0 Å². The van der Waals surface area contributed by atoms with Gasteiger partial charge in [-0.05, 0) is 20.3 Å². The third-order valence-electron chi connectivity index (χ3n) is 2.71. The normalized spacial score (nSPS) is 18.4. The van der Waals surface area contributed by atoms with E-state index in [0.29, 0.717) is 13.1 Å². The molecule has 0 aromatic carbocycles. The van der Waals surface area contributed by atoms with Gasteiger partial charge in [0, 0.05) is 19.6 Å². The predicted molar refractivity (Wildman–Crippen MR) is 61.4 cm³/mol. The lowest BCUT2D eigenvalue weighted by Gasteiger charge is -2.32. The van der Waals surface area contributed by atoms with Crippen molar-refractivity contribution in [3.8, 4) is 0 Å². The van der Waals surface area contributed by atoms with E-state index >= 15 is 0 Å². The van der Waals surface area contributed by atoms with E-state index in [1.54, 1.807) is 13.8 Å². The van der Waals surface area contributed by atoms with Crippen LogP contribution in [-0.2, 0) is 9.84 Å². The molecule has 94 valence electrons. The zero-order valence-electron chi connectivity index (χ0n) is 9.72. The van der Waals surface area contributed by atoms with Gasteiger partial charge in [-0.2, -0.15) is 0 Å². The summed E-state index contributed by atoms with van der Waals surface area (Å²) < 4.78 is 23.2. The molecule has 16 heavy (non-hydrogen) atoms. The number of hydrazine groups is 1. The topological polar surface area (TPSA) is 83.7 Å². The highest BCUT2D eigenvalue weighted by atomic mass is 32.2. The average molecular weight is 249 g/mol. The van der Waals surface area contributed by atoms with Crippen LogP contribution in [0.4, 0.5) is 4.79 Å².